The smallest absolute Gasteiger partial charge is 0.250 e. The number of nitrogens with zero attached hydrogens (tertiary/aromatic N) is 2. The molecule has 168 valence electrons. The van der Waals surface area contributed by atoms with Gasteiger partial charge in [-0.05, 0) is 48.4 Å². The summed E-state index contributed by atoms with van der Waals surface area (Å²) in [5.74, 6) is 1.02. The number of rotatable bonds is 9. The van der Waals surface area contributed by atoms with Crippen LogP contribution in [-0.2, 0) is 17.8 Å². The summed E-state index contributed by atoms with van der Waals surface area (Å²) < 4.78 is 31.0. The van der Waals surface area contributed by atoms with Crippen molar-refractivity contribution in [2.24, 2.45) is 0 Å². The van der Waals surface area contributed by atoms with Crippen LogP contribution in [-0.4, -0.2) is 43.0 Å². The van der Waals surface area contributed by atoms with Crippen LogP contribution in [0.2, 0.25) is 0 Å². The second kappa shape index (κ2) is 10.4. The fraction of sp³-hybridized carbons (Fsp3) is 0.320. The zero-order chi connectivity index (χ0) is 22.3. The number of hydrogen-bond acceptors (Lipinski definition) is 6. The van der Waals surface area contributed by atoms with Crippen LogP contribution in [0.5, 0.6) is 17.4 Å². The van der Waals surface area contributed by atoms with E-state index in [0.29, 0.717) is 25.3 Å². The Hall–Kier alpha value is -3.16. The molecule has 1 atom stereocenters. The first-order chi connectivity index (χ1) is 15.7. The summed E-state index contributed by atoms with van der Waals surface area (Å²) in [4.78, 5) is 6.18. The number of aliphatic hydroxyl groups excluding tert-OH is 1. The van der Waals surface area contributed by atoms with Gasteiger partial charge in [0.2, 0.25) is 0 Å². The summed E-state index contributed by atoms with van der Waals surface area (Å²) in [6, 6.07) is 16.5. The van der Waals surface area contributed by atoms with E-state index >= 15 is 0 Å². The van der Waals surface area contributed by atoms with Crippen LogP contribution in [0, 0.1) is 5.82 Å². The molecule has 0 saturated carbocycles. The minimum absolute atomic E-state index is 0.0314. The molecule has 1 fully saturated rings. The molecule has 0 unspecified atom stereocenters. The van der Waals surface area contributed by atoms with Crippen molar-refractivity contribution in [3.05, 3.63) is 77.7 Å². The van der Waals surface area contributed by atoms with E-state index in [4.69, 9.17) is 14.2 Å². The number of pyridine rings is 1. The highest BCUT2D eigenvalue weighted by Gasteiger charge is 2.27. The quantitative estimate of drug-likeness (QED) is 0.536. The van der Waals surface area contributed by atoms with Crippen molar-refractivity contribution in [2.75, 3.05) is 31.7 Å². The zero-order valence-corrected chi connectivity index (χ0v) is 18.0. The molecule has 0 spiro atoms. The Morgan fingerprint density at radius 1 is 1.12 bits per heavy atom. The maximum atomic E-state index is 13.9. The molecule has 1 saturated heterocycles. The van der Waals surface area contributed by atoms with Gasteiger partial charge in [-0.2, -0.15) is 0 Å². The Bertz CT molecular complexity index is 1050. The third-order valence-electron chi connectivity index (χ3n) is 5.42. The Morgan fingerprint density at radius 2 is 2.00 bits per heavy atom. The van der Waals surface area contributed by atoms with Crippen LogP contribution in [0.3, 0.4) is 0 Å². The van der Waals surface area contributed by atoms with E-state index in [-0.39, 0.29) is 18.6 Å². The molecule has 1 N–H and O–H groups in total. The number of aromatic nitrogens is 1. The molecule has 32 heavy (non-hydrogen) atoms. The average Bonchev–Trinajstić information content (AvgIpc) is 3.26. The highest BCUT2D eigenvalue weighted by molar-refractivity contribution is 5.58. The third-order valence-corrected chi connectivity index (χ3v) is 5.42. The molecule has 2 aromatic carbocycles. The second-order valence-electron chi connectivity index (χ2n) is 7.67. The minimum Gasteiger partial charge on any atom is -0.470 e. The predicted molar refractivity (Wildman–Crippen MR) is 120 cm³/mol. The van der Waals surface area contributed by atoms with Crippen molar-refractivity contribution >= 4 is 5.69 Å². The third kappa shape index (κ3) is 5.18. The molecule has 4 rings (SSSR count). The number of ether oxygens (including phenoxy) is 3. The highest BCUT2D eigenvalue weighted by atomic mass is 19.1. The predicted octanol–water partition coefficient (Wildman–Crippen LogP) is 4.35. The molecule has 7 heteroatoms. The number of benzene rings is 2. The largest absolute Gasteiger partial charge is 0.470 e. The van der Waals surface area contributed by atoms with Gasteiger partial charge in [0.15, 0.2) is 5.82 Å². The monoisotopic (exact) mass is 438 g/mol. The summed E-state index contributed by atoms with van der Waals surface area (Å²) >= 11 is 0. The van der Waals surface area contributed by atoms with E-state index in [9.17, 15) is 9.50 Å². The summed E-state index contributed by atoms with van der Waals surface area (Å²) in [6.45, 7) is 1.88. The van der Waals surface area contributed by atoms with Gasteiger partial charge in [0.25, 0.3) is 5.88 Å². The van der Waals surface area contributed by atoms with Gasteiger partial charge in [0.1, 0.15) is 17.6 Å². The fourth-order valence-electron chi connectivity index (χ4n) is 3.92. The first-order valence-electron chi connectivity index (χ1n) is 10.7. The Labute approximate surface area is 187 Å². The maximum Gasteiger partial charge on any atom is 0.250 e. The lowest BCUT2D eigenvalue weighted by Crippen LogP contribution is -2.26. The van der Waals surface area contributed by atoms with Crippen molar-refractivity contribution in [1.82, 2.24) is 4.98 Å². The second-order valence-corrected chi connectivity index (χ2v) is 7.67. The minimum atomic E-state index is -0.456. The van der Waals surface area contributed by atoms with E-state index in [1.165, 1.54) is 12.3 Å². The molecule has 2 heterocycles. The molecular weight excluding hydrogens is 411 g/mol. The number of aliphatic hydroxyl groups is 1. The van der Waals surface area contributed by atoms with Gasteiger partial charge in [-0.3, -0.25) is 0 Å². The van der Waals surface area contributed by atoms with Gasteiger partial charge in [-0.1, -0.05) is 18.2 Å². The van der Waals surface area contributed by atoms with E-state index in [1.54, 1.807) is 13.2 Å². The molecule has 1 aromatic heterocycles. The molecule has 6 nitrogen and oxygen atoms in total. The first-order valence-corrected chi connectivity index (χ1v) is 10.7. The Kier molecular flexibility index (Phi) is 7.19. The van der Waals surface area contributed by atoms with Crippen LogP contribution in [0.15, 0.2) is 60.8 Å². The Balaban J connectivity index is 1.49. The summed E-state index contributed by atoms with van der Waals surface area (Å²) in [7, 11) is 1.65. The van der Waals surface area contributed by atoms with Gasteiger partial charge >= 0.3 is 0 Å². The SMILES string of the molecule is COCc1ccccc1Oc1ccc(N2CC[C@H](Oc3ncccc3F)C2)c(CCO)c1. The molecule has 0 radical (unpaired) electrons. The van der Waals surface area contributed by atoms with Crippen molar-refractivity contribution in [3.63, 3.8) is 0 Å². The van der Waals surface area contributed by atoms with Gasteiger partial charge in [-0.15, -0.1) is 0 Å². The van der Waals surface area contributed by atoms with E-state index in [1.807, 2.05) is 42.5 Å². The summed E-state index contributed by atoms with van der Waals surface area (Å²) in [5.41, 5.74) is 2.96. The first kappa shape index (κ1) is 22.0. The number of hydrogen-bond donors (Lipinski definition) is 1. The lowest BCUT2D eigenvalue weighted by atomic mass is 10.1. The maximum absolute atomic E-state index is 13.9. The van der Waals surface area contributed by atoms with Crippen LogP contribution in [0.25, 0.3) is 0 Å². The van der Waals surface area contributed by atoms with E-state index in [2.05, 4.69) is 9.88 Å². The molecular formula is C25H27FN2O4. The van der Waals surface area contributed by atoms with Crippen LogP contribution in [0.1, 0.15) is 17.5 Å². The molecule has 0 amide bonds. The van der Waals surface area contributed by atoms with Crippen LogP contribution in [0.4, 0.5) is 10.1 Å². The highest BCUT2D eigenvalue weighted by Crippen LogP contribution is 2.33. The van der Waals surface area contributed by atoms with Crippen molar-refractivity contribution in [3.8, 4) is 17.4 Å². The Morgan fingerprint density at radius 3 is 2.81 bits per heavy atom. The van der Waals surface area contributed by atoms with E-state index < -0.39 is 5.82 Å². The number of para-hydroxylation sites is 1. The normalized spacial score (nSPS) is 15.7. The van der Waals surface area contributed by atoms with E-state index in [0.717, 1.165) is 35.5 Å². The number of halogens is 1. The molecule has 0 bridgehead atoms. The lowest BCUT2D eigenvalue weighted by molar-refractivity contribution is 0.182. The molecule has 1 aliphatic heterocycles. The molecule has 0 aliphatic carbocycles. The molecule has 1 aliphatic rings. The zero-order valence-electron chi connectivity index (χ0n) is 18.0. The van der Waals surface area contributed by atoms with Crippen molar-refractivity contribution < 1.29 is 23.7 Å². The number of anilines is 1. The standard InChI is InChI=1S/C25H27FN2O4/c1-30-17-19-5-2-3-7-24(19)31-20-8-9-23(18(15-20)11-14-29)28-13-10-21(16-28)32-25-22(26)6-4-12-27-25/h2-9,12,15,21,29H,10-11,13-14,16-17H2,1H3/t21-/m0/s1. The lowest BCUT2D eigenvalue weighted by Gasteiger charge is -2.23. The number of methoxy groups -OCH3 is 1. The van der Waals surface area contributed by atoms with Crippen LogP contribution < -0.4 is 14.4 Å². The van der Waals surface area contributed by atoms with Gasteiger partial charge < -0.3 is 24.2 Å². The van der Waals surface area contributed by atoms with Crippen molar-refractivity contribution in [1.29, 1.82) is 0 Å². The van der Waals surface area contributed by atoms with Gasteiger partial charge in [-0.25, -0.2) is 9.37 Å². The van der Waals surface area contributed by atoms with Gasteiger partial charge in [0.05, 0.1) is 13.2 Å². The van der Waals surface area contributed by atoms with Crippen LogP contribution >= 0.6 is 0 Å². The topological polar surface area (TPSA) is 64.1 Å². The summed E-state index contributed by atoms with van der Waals surface area (Å²) in [6.07, 6.45) is 2.63. The fourth-order valence-corrected chi connectivity index (χ4v) is 3.92. The average molecular weight is 438 g/mol. The molecule has 3 aromatic rings. The van der Waals surface area contributed by atoms with Gasteiger partial charge in [0, 0.05) is 44.1 Å². The summed E-state index contributed by atoms with van der Waals surface area (Å²) in [5, 5.41) is 9.61. The van der Waals surface area contributed by atoms with Crippen molar-refractivity contribution in [2.45, 2.75) is 25.6 Å².